The van der Waals surface area contributed by atoms with E-state index in [0.717, 1.165) is 38.2 Å². The van der Waals surface area contributed by atoms with E-state index in [0.29, 0.717) is 24.1 Å². The van der Waals surface area contributed by atoms with E-state index in [2.05, 4.69) is 34.5 Å². The van der Waals surface area contributed by atoms with Crippen LogP contribution in [0, 0.1) is 11.3 Å². The summed E-state index contributed by atoms with van der Waals surface area (Å²) >= 11 is 3.00. The second-order valence-electron chi connectivity index (χ2n) is 13.0. The lowest BCUT2D eigenvalue weighted by molar-refractivity contribution is -0.151. The SMILES string of the molecule is CC(C)(C)C(=O)C(=O)N1CSC[C@H]1C(=O)N(CCC(=O)NC1CCN(Cc2ccccc2)CC1)SCC1CCCCC1.Cl. The van der Waals surface area contributed by atoms with Gasteiger partial charge < -0.3 is 10.2 Å². The monoisotopic (exact) mass is 652 g/mol. The molecule has 1 aromatic carbocycles. The van der Waals surface area contributed by atoms with E-state index in [1.54, 1.807) is 25.1 Å². The quantitative estimate of drug-likeness (QED) is 0.261. The Morgan fingerprint density at radius 3 is 2.33 bits per heavy atom. The number of thioether (sulfide) groups is 1. The van der Waals surface area contributed by atoms with Crippen LogP contribution in [0.2, 0.25) is 0 Å². The van der Waals surface area contributed by atoms with Crippen LogP contribution in [0.4, 0.5) is 0 Å². The number of halogens is 1. The molecule has 3 amide bonds. The summed E-state index contributed by atoms with van der Waals surface area (Å²) in [5, 5.41) is 3.21. The Labute approximate surface area is 272 Å². The van der Waals surface area contributed by atoms with Gasteiger partial charge in [0.25, 0.3) is 11.8 Å². The fourth-order valence-corrected chi connectivity index (χ4v) is 8.17. The van der Waals surface area contributed by atoms with E-state index < -0.39 is 23.1 Å². The third kappa shape index (κ3) is 10.7. The second-order valence-corrected chi connectivity index (χ2v) is 15.0. The number of Topliss-reactive ketones (excluding diaryl/α,β-unsaturated/α-hetero) is 1. The summed E-state index contributed by atoms with van der Waals surface area (Å²) in [4.78, 5) is 56.6. The molecule has 3 fully saturated rings. The molecule has 0 radical (unpaired) electrons. The van der Waals surface area contributed by atoms with E-state index in [-0.39, 0.29) is 36.7 Å². The third-order valence-corrected chi connectivity index (χ3v) is 10.8. The number of benzene rings is 1. The molecule has 2 aliphatic heterocycles. The zero-order chi connectivity index (χ0) is 30.1. The van der Waals surface area contributed by atoms with Gasteiger partial charge in [0.2, 0.25) is 11.7 Å². The van der Waals surface area contributed by atoms with Gasteiger partial charge in [-0.05, 0) is 49.1 Å². The van der Waals surface area contributed by atoms with Gasteiger partial charge in [0.15, 0.2) is 0 Å². The van der Waals surface area contributed by atoms with Crippen LogP contribution in [0.3, 0.4) is 0 Å². The minimum absolute atomic E-state index is 0. The van der Waals surface area contributed by atoms with Crippen molar-refractivity contribution < 1.29 is 19.2 Å². The van der Waals surface area contributed by atoms with Crippen molar-refractivity contribution in [2.24, 2.45) is 11.3 Å². The van der Waals surface area contributed by atoms with Crippen molar-refractivity contribution in [1.82, 2.24) is 19.4 Å². The van der Waals surface area contributed by atoms with Gasteiger partial charge >= 0.3 is 0 Å². The van der Waals surface area contributed by atoms with Crippen molar-refractivity contribution in [2.45, 2.75) is 90.8 Å². The summed E-state index contributed by atoms with van der Waals surface area (Å²) in [7, 11) is 0. The molecular formula is C32H49ClN4O4S2. The van der Waals surface area contributed by atoms with Crippen LogP contribution in [0.5, 0.6) is 0 Å². The Bertz CT molecular complexity index is 1070. The molecule has 1 aromatic rings. The Hall–Kier alpha value is -1.75. The average molecular weight is 653 g/mol. The molecule has 0 aromatic heterocycles. The number of nitrogens with one attached hydrogen (secondary N) is 1. The molecule has 2 saturated heterocycles. The Kier molecular flexibility index (Phi) is 14.2. The van der Waals surface area contributed by atoms with Crippen molar-refractivity contribution in [3.63, 3.8) is 0 Å². The maximum atomic E-state index is 13.8. The summed E-state index contributed by atoms with van der Waals surface area (Å²) in [6.07, 6.45) is 8.11. The Morgan fingerprint density at radius 1 is 1.00 bits per heavy atom. The fourth-order valence-electron chi connectivity index (χ4n) is 5.83. The number of ketones is 1. The fraction of sp³-hybridized carbons (Fsp3) is 0.688. The van der Waals surface area contributed by atoms with Crippen molar-refractivity contribution in [3.05, 3.63) is 35.9 Å². The van der Waals surface area contributed by atoms with Gasteiger partial charge in [-0.3, -0.25) is 28.4 Å². The number of rotatable bonds is 11. The van der Waals surface area contributed by atoms with E-state index in [1.807, 2.05) is 6.07 Å². The van der Waals surface area contributed by atoms with Crippen LogP contribution in [-0.2, 0) is 25.7 Å². The smallest absolute Gasteiger partial charge is 0.291 e. The van der Waals surface area contributed by atoms with Crippen LogP contribution < -0.4 is 5.32 Å². The zero-order valence-electron chi connectivity index (χ0n) is 25.9. The lowest BCUT2D eigenvalue weighted by atomic mass is 9.90. The highest BCUT2D eigenvalue weighted by atomic mass is 35.5. The first-order valence-electron chi connectivity index (χ1n) is 15.5. The topological polar surface area (TPSA) is 90.0 Å². The van der Waals surface area contributed by atoms with Gasteiger partial charge in [-0.15, -0.1) is 24.2 Å². The highest BCUT2D eigenvalue weighted by Gasteiger charge is 2.42. The number of hydrogen-bond donors (Lipinski definition) is 1. The molecular weight excluding hydrogens is 604 g/mol. The number of carbonyl (C=O) groups excluding carboxylic acids is 4. The highest BCUT2D eigenvalue weighted by Crippen LogP contribution is 2.31. The molecule has 3 aliphatic rings. The molecule has 2 heterocycles. The molecule has 43 heavy (non-hydrogen) atoms. The minimum atomic E-state index is -0.802. The van der Waals surface area contributed by atoms with Crippen molar-refractivity contribution >= 4 is 59.6 Å². The molecule has 240 valence electrons. The number of piperidine rings is 1. The summed E-state index contributed by atoms with van der Waals surface area (Å²) in [6.45, 7) is 8.29. The summed E-state index contributed by atoms with van der Waals surface area (Å²) in [6, 6.07) is 9.93. The molecule has 1 N–H and O–H groups in total. The molecule has 1 atom stereocenters. The molecule has 0 spiro atoms. The molecule has 11 heteroatoms. The third-order valence-electron chi connectivity index (χ3n) is 8.48. The van der Waals surface area contributed by atoms with Crippen molar-refractivity contribution in [3.8, 4) is 0 Å². The molecule has 1 aliphatic carbocycles. The summed E-state index contributed by atoms with van der Waals surface area (Å²) < 4.78 is 1.72. The Balaban J connectivity index is 0.00000506. The highest BCUT2D eigenvalue weighted by molar-refractivity contribution is 7.99. The van der Waals surface area contributed by atoms with Crippen LogP contribution in [0.15, 0.2) is 30.3 Å². The first kappa shape index (κ1) is 35.7. The second kappa shape index (κ2) is 17.1. The maximum absolute atomic E-state index is 13.8. The number of nitrogens with zero attached hydrogens (tertiary/aromatic N) is 3. The van der Waals surface area contributed by atoms with E-state index in [9.17, 15) is 19.2 Å². The van der Waals surface area contributed by atoms with Crippen LogP contribution in [-0.4, -0.2) is 86.7 Å². The van der Waals surface area contributed by atoms with Crippen LogP contribution in [0.1, 0.15) is 77.7 Å². The summed E-state index contributed by atoms with van der Waals surface area (Å²) in [5.74, 6) is 0.937. The normalized spacial score (nSPS) is 20.3. The van der Waals surface area contributed by atoms with Crippen LogP contribution >= 0.6 is 36.1 Å². The molecule has 0 bridgehead atoms. The lowest BCUT2D eigenvalue weighted by Gasteiger charge is -2.33. The van der Waals surface area contributed by atoms with Crippen molar-refractivity contribution in [2.75, 3.05) is 37.0 Å². The first-order valence-corrected chi connectivity index (χ1v) is 17.6. The van der Waals surface area contributed by atoms with Crippen molar-refractivity contribution in [1.29, 1.82) is 0 Å². The average Bonchev–Trinajstić information content (AvgIpc) is 3.48. The lowest BCUT2D eigenvalue weighted by Crippen LogP contribution is -2.51. The van der Waals surface area contributed by atoms with E-state index in [1.165, 1.54) is 66.3 Å². The van der Waals surface area contributed by atoms with E-state index >= 15 is 0 Å². The van der Waals surface area contributed by atoms with Gasteiger partial charge in [-0.25, -0.2) is 0 Å². The van der Waals surface area contributed by atoms with Gasteiger partial charge in [-0.1, -0.05) is 70.4 Å². The summed E-state index contributed by atoms with van der Waals surface area (Å²) in [5.41, 5.74) is 0.502. The number of likely N-dealkylation sites (tertiary alicyclic amines) is 1. The minimum Gasteiger partial charge on any atom is -0.353 e. The number of carbonyl (C=O) groups is 4. The Morgan fingerprint density at radius 2 is 1.67 bits per heavy atom. The number of hydrogen-bond acceptors (Lipinski definition) is 7. The molecule has 1 saturated carbocycles. The maximum Gasteiger partial charge on any atom is 0.291 e. The first-order chi connectivity index (χ1) is 20.1. The molecule has 0 unspecified atom stereocenters. The van der Waals surface area contributed by atoms with E-state index in [4.69, 9.17) is 0 Å². The molecule has 8 nitrogen and oxygen atoms in total. The largest absolute Gasteiger partial charge is 0.353 e. The standard InChI is InChI=1S/C32H48N4O4S2.ClH/c1-32(2,3)29(38)31(40)35-23-41-22-27(35)30(39)36(42-21-25-12-8-5-9-13-25)19-16-28(37)33-26-14-17-34(18-15-26)20-24-10-6-4-7-11-24;/h4,6-7,10-11,25-27H,5,8-9,12-23H2,1-3H3,(H,33,37);1H/t27-;/m0./s1. The zero-order valence-corrected chi connectivity index (χ0v) is 28.4. The van der Waals surface area contributed by atoms with Crippen LogP contribution in [0.25, 0.3) is 0 Å². The van der Waals surface area contributed by atoms with Gasteiger partial charge in [0.05, 0.1) is 5.88 Å². The molecule has 4 rings (SSSR count). The van der Waals surface area contributed by atoms with Gasteiger partial charge in [0, 0.05) is 55.6 Å². The van der Waals surface area contributed by atoms with Gasteiger partial charge in [0.1, 0.15) is 6.04 Å². The number of amides is 3. The predicted octanol–water partition coefficient (Wildman–Crippen LogP) is 5.15. The predicted molar refractivity (Wildman–Crippen MR) is 178 cm³/mol. The van der Waals surface area contributed by atoms with Gasteiger partial charge in [-0.2, -0.15) is 0 Å².